The molecule has 0 spiro atoms. The quantitative estimate of drug-likeness (QED) is 0.405. The van der Waals surface area contributed by atoms with Crippen LogP contribution in [0.1, 0.15) is 13.8 Å². The first-order valence-corrected chi connectivity index (χ1v) is 6.31. The third kappa shape index (κ3) is 3.80. The lowest BCUT2D eigenvalue weighted by atomic mass is 10.0. The van der Waals surface area contributed by atoms with Gasteiger partial charge in [-0.1, -0.05) is 41.1 Å². The van der Waals surface area contributed by atoms with Gasteiger partial charge in [-0.2, -0.15) is 8.78 Å². The van der Waals surface area contributed by atoms with Gasteiger partial charge in [0.25, 0.3) is 5.13 Å². The van der Waals surface area contributed by atoms with Gasteiger partial charge in [-0.15, -0.1) is 0 Å². The Morgan fingerprint density at radius 2 is 1.88 bits per heavy atom. The fourth-order valence-electron chi connectivity index (χ4n) is 0.868. The number of carbonyl (C=O) groups is 1. The molecule has 0 aromatic heterocycles. The van der Waals surface area contributed by atoms with Crippen LogP contribution in [0.2, 0.25) is 0 Å². The minimum Gasteiger partial charge on any atom is -0.465 e. The first kappa shape index (κ1) is 16.6. The third-order valence-electron chi connectivity index (χ3n) is 1.90. The van der Waals surface area contributed by atoms with Crippen molar-refractivity contribution in [1.82, 2.24) is 0 Å². The van der Waals surface area contributed by atoms with E-state index in [-0.39, 0.29) is 6.61 Å². The number of rotatable bonds is 5. The van der Waals surface area contributed by atoms with E-state index in [4.69, 9.17) is 11.6 Å². The van der Waals surface area contributed by atoms with Gasteiger partial charge in [0.15, 0.2) is 0 Å². The van der Waals surface area contributed by atoms with Crippen LogP contribution in [-0.4, -0.2) is 27.0 Å². The second kappa shape index (κ2) is 5.95. The second-order valence-corrected chi connectivity index (χ2v) is 5.43. The molecule has 0 aliphatic rings. The molecular weight excluding hydrogens is 383 g/mol. The number of carbonyl (C=O) groups excluding carboxylic acids is 1. The summed E-state index contributed by atoms with van der Waals surface area (Å²) in [4.78, 5) is 11.2. The van der Waals surface area contributed by atoms with E-state index in [1.54, 1.807) is 6.92 Å². The van der Waals surface area contributed by atoms with Gasteiger partial charge in [0.1, 0.15) is 3.92 Å². The molecule has 0 heterocycles. The third-order valence-corrected chi connectivity index (χ3v) is 4.44. The number of hydrogen-bond acceptors (Lipinski definition) is 2. The average molecular weight is 393 g/mol. The summed E-state index contributed by atoms with van der Waals surface area (Å²) in [7, 11) is 0. The minimum atomic E-state index is -4.26. The number of ether oxygens (including phenoxy) is 1. The molecule has 96 valence electrons. The molecule has 0 aliphatic heterocycles. The highest BCUT2D eigenvalue weighted by atomic mass is 127. The second-order valence-electron chi connectivity index (χ2n) is 3.06. The molecule has 8 heteroatoms. The molecule has 3 atom stereocenters. The zero-order valence-electron chi connectivity index (χ0n) is 8.45. The van der Waals surface area contributed by atoms with Crippen LogP contribution in [0.15, 0.2) is 0 Å². The smallest absolute Gasteiger partial charge is 0.369 e. The van der Waals surface area contributed by atoms with Gasteiger partial charge in [-0.3, -0.25) is 4.79 Å². The van der Waals surface area contributed by atoms with Crippen molar-refractivity contribution < 1.29 is 22.7 Å². The van der Waals surface area contributed by atoms with E-state index >= 15 is 0 Å². The van der Waals surface area contributed by atoms with Gasteiger partial charge in [0.2, 0.25) is 0 Å². The van der Waals surface area contributed by atoms with Crippen molar-refractivity contribution in [3.05, 3.63) is 0 Å². The Bertz CT molecular complexity index is 258. The molecule has 0 aliphatic carbocycles. The van der Waals surface area contributed by atoms with Gasteiger partial charge in [0, 0.05) is 5.92 Å². The van der Waals surface area contributed by atoms with Crippen LogP contribution in [-0.2, 0) is 9.53 Å². The van der Waals surface area contributed by atoms with E-state index in [1.165, 1.54) is 22.6 Å². The van der Waals surface area contributed by atoms with E-state index in [0.29, 0.717) is 0 Å². The summed E-state index contributed by atoms with van der Waals surface area (Å²) >= 11 is 11.1. The Hall–Kier alpha value is 0.570. The zero-order valence-corrected chi connectivity index (χ0v) is 12.1. The normalized spacial score (nSPS) is 19.8. The molecule has 0 radical (unpaired) electrons. The highest BCUT2D eigenvalue weighted by Gasteiger charge is 2.58. The predicted molar refractivity (Wildman–Crippen MR) is 64.1 cm³/mol. The first-order chi connectivity index (χ1) is 7.05. The molecular formula is C8H10Cl2F3IO2. The van der Waals surface area contributed by atoms with Crippen LogP contribution in [0.25, 0.3) is 0 Å². The van der Waals surface area contributed by atoms with E-state index in [9.17, 15) is 18.0 Å². The number of hydrogen-bond donors (Lipinski definition) is 0. The first-order valence-electron chi connectivity index (χ1n) is 4.31. The molecule has 0 aromatic rings. The van der Waals surface area contributed by atoms with Crippen LogP contribution in [0.3, 0.4) is 0 Å². The molecule has 0 rings (SSSR count). The van der Waals surface area contributed by atoms with Crippen molar-refractivity contribution in [3.63, 3.8) is 0 Å². The van der Waals surface area contributed by atoms with Crippen molar-refractivity contribution in [2.75, 3.05) is 6.61 Å². The Morgan fingerprint density at radius 3 is 2.19 bits per heavy atom. The van der Waals surface area contributed by atoms with Gasteiger partial charge in [0.05, 0.1) is 6.61 Å². The summed E-state index contributed by atoms with van der Waals surface area (Å²) in [5.41, 5.74) is 0. The van der Waals surface area contributed by atoms with Crippen molar-refractivity contribution in [2.24, 2.45) is 5.92 Å². The summed E-state index contributed by atoms with van der Waals surface area (Å²) < 4.78 is 42.3. The summed E-state index contributed by atoms with van der Waals surface area (Å²) in [6.07, 6.45) is 0. The van der Waals surface area contributed by atoms with Crippen molar-refractivity contribution in [1.29, 1.82) is 0 Å². The molecule has 3 unspecified atom stereocenters. The molecule has 0 saturated heterocycles. The van der Waals surface area contributed by atoms with Crippen LogP contribution in [0.4, 0.5) is 13.2 Å². The lowest BCUT2D eigenvalue weighted by Crippen LogP contribution is -2.46. The monoisotopic (exact) mass is 392 g/mol. The highest BCUT2D eigenvalue weighted by molar-refractivity contribution is 14.1. The Labute approximate surface area is 115 Å². The zero-order chi connectivity index (χ0) is 13.1. The Kier molecular flexibility index (Phi) is 6.16. The number of halogens is 6. The molecule has 0 N–H and O–H groups in total. The Balaban J connectivity index is 4.79. The van der Waals surface area contributed by atoms with Crippen LogP contribution in [0.5, 0.6) is 0 Å². The lowest BCUT2D eigenvalue weighted by molar-refractivity contribution is -0.144. The average Bonchev–Trinajstić information content (AvgIpc) is 2.14. The van der Waals surface area contributed by atoms with Crippen LogP contribution < -0.4 is 0 Å². The number of esters is 1. The van der Waals surface area contributed by atoms with E-state index in [0.717, 1.165) is 6.92 Å². The minimum absolute atomic E-state index is 0.0733. The topological polar surface area (TPSA) is 26.3 Å². The van der Waals surface area contributed by atoms with Crippen molar-refractivity contribution >= 4 is 51.8 Å². The summed E-state index contributed by atoms with van der Waals surface area (Å²) in [5.74, 6) is -2.31. The molecule has 0 amide bonds. The van der Waals surface area contributed by atoms with Gasteiger partial charge < -0.3 is 4.74 Å². The van der Waals surface area contributed by atoms with E-state index in [1.807, 2.05) is 0 Å². The van der Waals surface area contributed by atoms with Gasteiger partial charge in [-0.05, 0) is 18.5 Å². The number of alkyl halides is 6. The largest absolute Gasteiger partial charge is 0.465 e. The van der Waals surface area contributed by atoms with Crippen molar-refractivity contribution in [2.45, 2.75) is 28.3 Å². The summed E-state index contributed by atoms with van der Waals surface area (Å²) in [6, 6.07) is 0. The molecule has 0 fully saturated rings. The lowest BCUT2D eigenvalue weighted by Gasteiger charge is -2.30. The van der Waals surface area contributed by atoms with Crippen molar-refractivity contribution in [3.8, 4) is 0 Å². The maximum atomic E-state index is 13.5. The fourth-order valence-corrected chi connectivity index (χ4v) is 2.05. The molecule has 0 bridgehead atoms. The summed E-state index contributed by atoms with van der Waals surface area (Å²) in [6.45, 7) is 2.69. The van der Waals surface area contributed by atoms with E-state index in [2.05, 4.69) is 16.3 Å². The SMILES string of the molecule is CCOC(=O)C(I)C(C)C(F)(Cl)C(F)(F)Cl. The molecule has 16 heavy (non-hydrogen) atoms. The summed E-state index contributed by atoms with van der Waals surface area (Å²) in [5, 5.41) is -7.77. The standard InChI is InChI=1S/C8H10Cl2F3IO2/c1-3-16-6(15)5(14)4(2)7(9,11)8(10,12)13/h4-5H,3H2,1-2H3. The maximum absolute atomic E-state index is 13.5. The predicted octanol–water partition coefficient (Wildman–Crippen LogP) is 3.73. The maximum Gasteiger partial charge on any atom is 0.369 e. The molecule has 0 aromatic carbocycles. The fraction of sp³-hybridized carbons (Fsp3) is 0.875. The molecule has 0 saturated carbocycles. The Morgan fingerprint density at radius 1 is 1.44 bits per heavy atom. The van der Waals surface area contributed by atoms with E-state index < -0.39 is 26.3 Å². The molecule has 2 nitrogen and oxygen atoms in total. The van der Waals surface area contributed by atoms with Gasteiger partial charge >= 0.3 is 11.4 Å². The van der Waals surface area contributed by atoms with Gasteiger partial charge in [-0.25, -0.2) is 4.39 Å². The highest BCUT2D eigenvalue weighted by Crippen LogP contribution is 2.47. The van der Waals surface area contributed by atoms with Crippen LogP contribution >= 0.6 is 45.8 Å². The van der Waals surface area contributed by atoms with Crippen LogP contribution in [0, 0.1) is 5.92 Å².